The molecule has 0 radical (unpaired) electrons. The van der Waals surface area contributed by atoms with Crippen molar-refractivity contribution in [2.75, 3.05) is 13.2 Å². The molecule has 1 aromatic rings. The van der Waals surface area contributed by atoms with Gasteiger partial charge in [0.05, 0.1) is 11.7 Å². The summed E-state index contributed by atoms with van der Waals surface area (Å²) in [5, 5.41) is 8.85. The zero-order valence-electron chi connectivity index (χ0n) is 8.48. The van der Waals surface area contributed by atoms with Gasteiger partial charge in [-0.3, -0.25) is 0 Å². The Morgan fingerprint density at radius 1 is 1.47 bits per heavy atom. The van der Waals surface area contributed by atoms with Crippen LogP contribution in [0.1, 0.15) is 18.4 Å². The van der Waals surface area contributed by atoms with Crippen LogP contribution in [0, 0.1) is 11.3 Å². The third-order valence-electron chi connectivity index (χ3n) is 2.46. The van der Waals surface area contributed by atoms with E-state index < -0.39 is 0 Å². The summed E-state index contributed by atoms with van der Waals surface area (Å²) in [4.78, 5) is 0. The van der Waals surface area contributed by atoms with Crippen LogP contribution in [0.2, 0.25) is 0 Å². The van der Waals surface area contributed by atoms with E-state index in [0.29, 0.717) is 17.9 Å². The lowest BCUT2D eigenvalue weighted by Gasteiger charge is -2.11. The molecule has 1 aromatic carbocycles. The maximum atomic E-state index is 8.85. The van der Waals surface area contributed by atoms with Gasteiger partial charge in [0.25, 0.3) is 0 Å². The van der Waals surface area contributed by atoms with E-state index in [9.17, 15) is 0 Å². The van der Waals surface area contributed by atoms with Crippen molar-refractivity contribution in [2.45, 2.75) is 18.9 Å². The summed E-state index contributed by atoms with van der Waals surface area (Å²) in [7, 11) is 0. The zero-order chi connectivity index (χ0) is 10.5. The Morgan fingerprint density at radius 2 is 2.33 bits per heavy atom. The number of para-hydroxylation sites is 1. The van der Waals surface area contributed by atoms with Crippen molar-refractivity contribution in [3.05, 3.63) is 29.8 Å². The van der Waals surface area contributed by atoms with Crippen molar-refractivity contribution in [1.29, 1.82) is 5.26 Å². The van der Waals surface area contributed by atoms with Crippen molar-refractivity contribution >= 4 is 0 Å². The standard InChI is InChI=1S/C12H13NO2/c13-8-10-4-1-2-6-12(10)15-9-11-5-3-7-14-11/h1-2,4,6,11H,3,5,7,9H2. The van der Waals surface area contributed by atoms with Crippen molar-refractivity contribution in [3.63, 3.8) is 0 Å². The number of ether oxygens (including phenoxy) is 2. The van der Waals surface area contributed by atoms with Crippen LogP contribution >= 0.6 is 0 Å². The molecule has 0 aromatic heterocycles. The Hall–Kier alpha value is -1.53. The highest BCUT2D eigenvalue weighted by Crippen LogP contribution is 2.19. The molecule has 3 heteroatoms. The smallest absolute Gasteiger partial charge is 0.137 e. The molecule has 1 atom stereocenters. The Labute approximate surface area is 89.2 Å². The van der Waals surface area contributed by atoms with E-state index in [1.807, 2.05) is 18.2 Å². The van der Waals surface area contributed by atoms with E-state index in [1.54, 1.807) is 6.07 Å². The van der Waals surface area contributed by atoms with E-state index in [2.05, 4.69) is 6.07 Å². The maximum absolute atomic E-state index is 8.85. The average Bonchev–Trinajstić information content (AvgIpc) is 2.79. The molecule has 1 unspecified atom stereocenters. The molecule has 15 heavy (non-hydrogen) atoms. The molecule has 0 amide bonds. The summed E-state index contributed by atoms with van der Waals surface area (Å²) in [5.74, 6) is 0.649. The Kier molecular flexibility index (Phi) is 3.21. The van der Waals surface area contributed by atoms with E-state index in [-0.39, 0.29) is 6.10 Å². The summed E-state index contributed by atoms with van der Waals surface area (Å²) in [6.45, 7) is 1.37. The number of benzene rings is 1. The fourth-order valence-electron chi connectivity index (χ4n) is 1.64. The molecular formula is C12H13NO2. The average molecular weight is 203 g/mol. The first-order chi connectivity index (χ1) is 7.40. The van der Waals surface area contributed by atoms with Crippen LogP contribution in [0.4, 0.5) is 0 Å². The second-order valence-corrected chi connectivity index (χ2v) is 3.55. The lowest BCUT2D eigenvalue weighted by Crippen LogP contribution is -2.16. The minimum atomic E-state index is 0.191. The third-order valence-corrected chi connectivity index (χ3v) is 2.46. The van der Waals surface area contributed by atoms with Gasteiger partial charge < -0.3 is 9.47 Å². The van der Waals surface area contributed by atoms with E-state index in [4.69, 9.17) is 14.7 Å². The van der Waals surface area contributed by atoms with Gasteiger partial charge in [0.2, 0.25) is 0 Å². The number of nitriles is 1. The molecule has 78 valence electrons. The van der Waals surface area contributed by atoms with Gasteiger partial charge in [-0.2, -0.15) is 5.26 Å². The number of hydrogen-bond acceptors (Lipinski definition) is 3. The maximum Gasteiger partial charge on any atom is 0.137 e. The van der Waals surface area contributed by atoms with E-state index in [1.165, 1.54) is 0 Å². The molecule has 1 fully saturated rings. The van der Waals surface area contributed by atoms with Gasteiger partial charge in [-0.25, -0.2) is 0 Å². The van der Waals surface area contributed by atoms with Gasteiger partial charge in [-0.1, -0.05) is 12.1 Å². The largest absolute Gasteiger partial charge is 0.489 e. The van der Waals surface area contributed by atoms with Crippen LogP contribution in [-0.4, -0.2) is 19.3 Å². The van der Waals surface area contributed by atoms with Crippen LogP contribution in [0.3, 0.4) is 0 Å². The van der Waals surface area contributed by atoms with Crippen LogP contribution in [-0.2, 0) is 4.74 Å². The Morgan fingerprint density at radius 3 is 3.07 bits per heavy atom. The van der Waals surface area contributed by atoms with Gasteiger partial charge in [-0.05, 0) is 25.0 Å². The van der Waals surface area contributed by atoms with Crippen LogP contribution in [0.25, 0.3) is 0 Å². The summed E-state index contributed by atoms with van der Waals surface area (Å²) in [6.07, 6.45) is 2.35. The van der Waals surface area contributed by atoms with Crippen molar-refractivity contribution in [1.82, 2.24) is 0 Å². The fourth-order valence-corrected chi connectivity index (χ4v) is 1.64. The SMILES string of the molecule is N#Cc1ccccc1OCC1CCCO1. The van der Waals surface area contributed by atoms with E-state index >= 15 is 0 Å². The lowest BCUT2D eigenvalue weighted by atomic mass is 10.2. The van der Waals surface area contributed by atoms with Crippen LogP contribution < -0.4 is 4.74 Å². The summed E-state index contributed by atoms with van der Waals surface area (Å²) >= 11 is 0. The van der Waals surface area contributed by atoms with Crippen molar-refractivity contribution in [2.24, 2.45) is 0 Å². The Bertz CT molecular complexity index is 364. The molecule has 1 saturated heterocycles. The zero-order valence-corrected chi connectivity index (χ0v) is 8.48. The molecule has 0 N–H and O–H groups in total. The fraction of sp³-hybridized carbons (Fsp3) is 0.417. The first-order valence-corrected chi connectivity index (χ1v) is 5.13. The first-order valence-electron chi connectivity index (χ1n) is 5.13. The number of rotatable bonds is 3. The Balaban J connectivity index is 1.95. The molecule has 1 aliphatic rings. The predicted octanol–water partition coefficient (Wildman–Crippen LogP) is 2.12. The molecule has 0 spiro atoms. The normalized spacial score (nSPS) is 19.8. The van der Waals surface area contributed by atoms with Gasteiger partial charge in [-0.15, -0.1) is 0 Å². The first kappa shape index (κ1) is 10.0. The topological polar surface area (TPSA) is 42.2 Å². The second-order valence-electron chi connectivity index (χ2n) is 3.55. The van der Waals surface area contributed by atoms with Crippen molar-refractivity contribution in [3.8, 4) is 11.8 Å². The minimum Gasteiger partial charge on any atom is -0.489 e. The number of nitrogens with zero attached hydrogens (tertiary/aromatic N) is 1. The molecular weight excluding hydrogens is 190 g/mol. The highest BCUT2D eigenvalue weighted by Gasteiger charge is 2.16. The van der Waals surface area contributed by atoms with Gasteiger partial charge >= 0.3 is 0 Å². The van der Waals surface area contributed by atoms with E-state index in [0.717, 1.165) is 19.4 Å². The monoisotopic (exact) mass is 203 g/mol. The second kappa shape index (κ2) is 4.81. The quantitative estimate of drug-likeness (QED) is 0.755. The third kappa shape index (κ3) is 2.48. The molecule has 2 rings (SSSR count). The molecule has 3 nitrogen and oxygen atoms in total. The molecule has 0 aliphatic carbocycles. The summed E-state index contributed by atoms with van der Waals surface area (Å²) in [6, 6.07) is 9.37. The highest BCUT2D eigenvalue weighted by molar-refractivity contribution is 5.42. The highest BCUT2D eigenvalue weighted by atomic mass is 16.5. The summed E-state index contributed by atoms with van der Waals surface area (Å²) < 4.78 is 11.0. The summed E-state index contributed by atoms with van der Waals surface area (Å²) in [5.41, 5.74) is 0.579. The van der Waals surface area contributed by atoms with Gasteiger partial charge in [0.15, 0.2) is 0 Å². The van der Waals surface area contributed by atoms with Gasteiger partial charge in [0.1, 0.15) is 18.4 Å². The minimum absolute atomic E-state index is 0.191. The van der Waals surface area contributed by atoms with Gasteiger partial charge in [0, 0.05) is 6.61 Å². The molecule has 0 saturated carbocycles. The number of hydrogen-bond donors (Lipinski definition) is 0. The predicted molar refractivity (Wildman–Crippen MR) is 55.6 cm³/mol. The molecule has 1 heterocycles. The van der Waals surface area contributed by atoms with Crippen LogP contribution in [0.5, 0.6) is 5.75 Å². The lowest BCUT2D eigenvalue weighted by molar-refractivity contribution is 0.0678. The molecule has 0 bridgehead atoms. The van der Waals surface area contributed by atoms with Crippen LogP contribution in [0.15, 0.2) is 24.3 Å². The van der Waals surface area contributed by atoms with Crippen molar-refractivity contribution < 1.29 is 9.47 Å². The molecule has 1 aliphatic heterocycles.